The Hall–Kier alpha value is -0.830. The van der Waals surface area contributed by atoms with Crippen LogP contribution in [0.25, 0.3) is 0 Å². The molecule has 0 fully saturated rings. The molecule has 1 atom stereocenters. The van der Waals surface area contributed by atoms with Gasteiger partial charge in [0.1, 0.15) is 0 Å². The number of likely N-dealkylation sites (N-methyl/N-ethyl adjacent to an activating group) is 1. The second-order valence-electron chi connectivity index (χ2n) is 3.79. The minimum Gasteiger partial charge on any atom is -0.315 e. The van der Waals surface area contributed by atoms with Crippen LogP contribution in [-0.2, 0) is 6.54 Å². The van der Waals surface area contributed by atoms with E-state index in [4.69, 9.17) is 0 Å². The van der Waals surface area contributed by atoms with E-state index >= 15 is 0 Å². The number of aromatic nitrogens is 2. The molecule has 74 valence electrons. The van der Waals surface area contributed by atoms with Crippen molar-refractivity contribution in [2.45, 2.75) is 33.4 Å². The van der Waals surface area contributed by atoms with E-state index in [2.05, 4.69) is 31.2 Å². The molecule has 1 unspecified atom stereocenters. The molecule has 0 radical (unpaired) electrons. The second kappa shape index (κ2) is 4.42. The number of nitrogens with zero attached hydrogens (tertiary/aromatic N) is 2. The van der Waals surface area contributed by atoms with Crippen LogP contribution in [-0.4, -0.2) is 22.9 Å². The van der Waals surface area contributed by atoms with E-state index < -0.39 is 0 Å². The summed E-state index contributed by atoms with van der Waals surface area (Å²) >= 11 is 0. The van der Waals surface area contributed by atoms with Gasteiger partial charge in [-0.05, 0) is 26.0 Å². The molecule has 3 heteroatoms. The van der Waals surface area contributed by atoms with E-state index in [1.165, 1.54) is 5.69 Å². The normalized spacial score (nSPS) is 13.6. The third-order valence-corrected chi connectivity index (χ3v) is 2.47. The molecule has 0 saturated carbocycles. The molecule has 1 N–H and O–H groups in total. The Labute approximate surface area is 80.1 Å². The van der Waals surface area contributed by atoms with E-state index in [9.17, 15) is 0 Å². The van der Waals surface area contributed by atoms with Crippen molar-refractivity contribution < 1.29 is 0 Å². The van der Waals surface area contributed by atoms with Gasteiger partial charge < -0.3 is 5.32 Å². The predicted octanol–water partition coefficient (Wildman–Crippen LogP) is 1.44. The Morgan fingerprint density at radius 3 is 2.62 bits per heavy atom. The Morgan fingerprint density at radius 2 is 2.23 bits per heavy atom. The van der Waals surface area contributed by atoms with Crippen LogP contribution in [0.15, 0.2) is 12.3 Å². The lowest BCUT2D eigenvalue weighted by Crippen LogP contribution is -2.35. The van der Waals surface area contributed by atoms with E-state index in [0.717, 1.165) is 6.54 Å². The molecular weight excluding hydrogens is 162 g/mol. The third-order valence-electron chi connectivity index (χ3n) is 2.47. The third kappa shape index (κ3) is 2.56. The van der Waals surface area contributed by atoms with Gasteiger partial charge >= 0.3 is 0 Å². The molecule has 0 amide bonds. The Bertz CT molecular complexity index is 252. The molecule has 0 aliphatic carbocycles. The van der Waals surface area contributed by atoms with Crippen molar-refractivity contribution in [1.29, 1.82) is 0 Å². The fourth-order valence-corrected chi connectivity index (χ4v) is 1.41. The topological polar surface area (TPSA) is 29.9 Å². The molecule has 1 aromatic rings. The van der Waals surface area contributed by atoms with Crippen LogP contribution in [0, 0.1) is 12.8 Å². The highest BCUT2D eigenvalue weighted by molar-refractivity contribution is 4.97. The number of aryl methyl sites for hydroxylation is 1. The summed E-state index contributed by atoms with van der Waals surface area (Å²) < 4.78 is 2.04. The van der Waals surface area contributed by atoms with Gasteiger partial charge in [-0.25, -0.2) is 0 Å². The first-order valence-corrected chi connectivity index (χ1v) is 4.80. The monoisotopic (exact) mass is 181 g/mol. The maximum absolute atomic E-state index is 4.26. The molecule has 1 rings (SSSR count). The van der Waals surface area contributed by atoms with Crippen LogP contribution in [0.4, 0.5) is 0 Å². The first-order chi connectivity index (χ1) is 6.15. The van der Waals surface area contributed by atoms with Crippen molar-refractivity contribution in [3.05, 3.63) is 18.0 Å². The van der Waals surface area contributed by atoms with Gasteiger partial charge in [-0.1, -0.05) is 13.8 Å². The molecule has 1 heterocycles. The first-order valence-electron chi connectivity index (χ1n) is 4.80. The standard InChI is InChI=1S/C10H19N3/c1-8(2)10(11-4)7-13-9(3)5-6-12-13/h5-6,8,10-11H,7H2,1-4H3. The summed E-state index contributed by atoms with van der Waals surface area (Å²) in [5.74, 6) is 0.633. The fraction of sp³-hybridized carbons (Fsp3) is 0.700. The van der Waals surface area contributed by atoms with Gasteiger partial charge in [-0.2, -0.15) is 5.10 Å². The van der Waals surface area contributed by atoms with Gasteiger partial charge in [0, 0.05) is 17.9 Å². The van der Waals surface area contributed by atoms with Crippen LogP contribution < -0.4 is 5.32 Å². The summed E-state index contributed by atoms with van der Waals surface area (Å²) in [6.45, 7) is 7.48. The van der Waals surface area contributed by atoms with Crippen molar-refractivity contribution in [3.8, 4) is 0 Å². The molecule has 0 aliphatic rings. The van der Waals surface area contributed by atoms with Crippen molar-refractivity contribution in [2.75, 3.05) is 7.05 Å². The van der Waals surface area contributed by atoms with Crippen molar-refractivity contribution >= 4 is 0 Å². The zero-order chi connectivity index (χ0) is 9.84. The average molecular weight is 181 g/mol. The van der Waals surface area contributed by atoms with Gasteiger partial charge in [0.15, 0.2) is 0 Å². The summed E-state index contributed by atoms with van der Waals surface area (Å²) in [7, 11) is 2.00. The summed E-state index contributed by atoms with van der Waals surface area (Å²) in [6.07, 6.45) is 1.85. The second-order valence-corrected chi connectivity index (χ2v) is 3.79. The van der Waals surface area contributed by atoms with Gasteiger partial charge in [0.05, 0.1) is 6.54 Å². The highest BCUT2D eigenvalue weighted by Gasteiger charge is 2.12. The molecular formula is C10H19N3. The molecule has 3 nitrogen and oxygen atoms in total. The van der Waals surface area contributed by atoms with Crippen molar-refractivity contribution in [2.24, 2.45) is 5.92 Å². The lowest BCUT2D eigenvalue weighted by Gasteiger charge is -2.20. The summed E-state index contributed by atoms with van der Waals surface area (Å²) in [4.78, 5) is 0. The van der Waals surface area contributed by atoms with E-state index in [1.807, 2.05) is 24.0 Å². The van der Waals surface area contributed by atoms with Crippen molar-refractivity contribution in [1.82, 2.24) is 15.1 Å². The molecule has 0 aliphatic heterocycles. The Kier molecular flexibility index (Phi) is 3.48. The maximum Gasteiger partial charge on any atom is 0.0568 e. The molecule has 0 bridgehead atoms. The van der Waals surface area contributed by atoms with Gasteiger partial charge in [0.25, 0.3) is 0 Å². The van der Waals surface area contributed by atoms with Crippen LogP contribution in [0.3, 0.4) is 0 Å². The molecule has 0 saturated heterocycles. The average Bonchev–Trinajstić information content (AvgIpc) is 2.46. The van der Waals surface area contributed by atoms with Crippen LogP contribution in [0.5, 0.6) is 0 Å². The number of rotatable bonds is 4. The van der Waals surface area contributed by atoms with Crippen LogP contribution in [0.2, 0.25) is 0 Å². The molecule has 0 spiro atoms. The van der Waals surface area contributed by atoms with Gasteiger partial charge in [0.2, 0.25) is 0 Å². The Balaban J connectivity index is 2.62. The number of hydrogen-bond acceptors (Lipinski definition) is 2. The smallest absolute Gasteiger partial charge is 0.0568 e. The van der Waals surface area contributed by atoms with Crippen LogP contribution in [0.1, 0.15) is 19.5 Å². The van der Waals surface area contributed by atoms with Gasteiger partial charge in [-0.3, -0.25) is 4.68 Å². The molecule has 13 heavy (non-hydrogen) atoms. The lowest BCUT2D eigenvalue weighted by atomic mass is 10.1. The first kappa shape index (κ1) is 10.3. The summed E-state index contributed by atoms with van der Waals surface area (Å²) in [6, 6.07) is 2.53. The zero-order valence-corrected chi connectivity index (χ0v) is 8.91. The minimum atomic E-state index is 0.499. The minimum absolute atomic E-state index is 0.499. The fourth-order valence-electron chi connectivity index (χ4n) is 1.41. The highest BCUT2D eigenvalue weighted by atomic mass is 15.3. The summed E-state index contributed by atoms with van der Waals surface area (Å²) in [5, 5.41) is 7.57. The predicted molar refractivity (Wildman–Crippen MR) is 54.6 cm³/mol. The summed E-state index contributed by atoms with van der Waals surface area (Å²) in [5.41, 5.74) is 1.22. The SMILES string of the molecule is CNC(Cn1nccc1C)C(C)C. The lowest BCUT2D eigenvalue weighted by molar-refractivity contribution is 0.359. The maximum atomic E-state index is 4.26. The van der Waals surface area contributed by atoms with E-state index in [1.54, 1.807) is 0 Å². The van der Waals surface area contributed by atoms with E-state index in [-0.39, 0.29) is 0 Å². The molecule has 0 aromatic carbocycles. The number of hydrogen-bond donors (Lipinski definition) is 1. The zero-order valence-electron chi connectivity index (χ0n) is 8.91. The Morgan fingerprint density at radius 1 is 1.54 bits per heavy atom. The quantitative estimate of drug-likeness (QED) is 0.761. The van der Waals surface area contributed by atoms with E-state index in [0.29, 0.717) is 12.0 Å². The number of nitrogens with one attached hydrogen (secondary N) is 1. The highest BCUT2D eigenvalue weighted by Crippen LogP contribution is 2.05. The van der Waals surface area contributed by atoms with Crippen LogP contribution >= 0.6 is 0 Å². The van der Waals surface area contributed by atoms with Crippen molar-refractivity contribution in [3.63, 3.8) is 0 Å². The van der Waals surface area contributed by atoms with Gasteiger partial charge in [-0.15, -0.1) is 0 Å². The molecule has 1 aromatic heterocycles. The largest absolute Gasteiger partial charge is 0.315 e.